The van der Waals surface area contributed by atoms with Gasteiger partial charge in [0, 0.05) is 25.4 Å². The van der Waals surface area contributed by atoms with Crippen LogP contribution < -0.4 is 0 Å². The van der Waals surface area contributed by atoms with E-state index in [1.54, 1.807) is 0 Å². The highest BCUT2D eigenvalue weighted by molar-refractivity contribution is 8.22. The zero-order valence-electron chi connectivity index (χ0n) is 12.6. The molecule has 3 aliphatic rings. The first kappa shape index (κ1) is 15.6. The van der Waals surface area contributed by atoms with Crippen LogP contribution in [0, 0.1) is 17.8 Å². The number of nitrogens with zero attached hydrogens (tertiary/aromatic N) is 2. The quantitative estimate of drug-likeness (QED) is 0.734. The van der Waals surface area contributed by atoms with Gasteiger partial charge in [-0.2, -0.15) is 0 Å². The lowest BCUT2D eigenvalue weighted by atomic mass is 9.84. The lowest BCUT2D eigenvalue weighted by Gasteiger charge is -2.26. The Morgan fingerprint density at radius 1 is 1.21 bits per heavy atom. The van der Waals surface area contributed by atoms with Crippen molar-refractivity contribution in [2.75, 3.05) is 39.5 Å². The van der Waals surface area contributed by atoms with Gasteiger partial charge in [0.1, 0.15) is 4.32 Å². The predicted molar refractivity (Wildman–Crippen MR) is 89.8 cm³/mol. The predicted octanol–water partition coefficient (Wildman–Crippen LogP) is 3.32. The van der Waals surface area contributed by atoms with Crippen molar-refractivity contribution in [1.82, 2.24) is 9.80 Å². The maximum absolute atomic E-state index is 5.68. The Balaban J connectivity index is 1.76. The number of hydrogen-bond donors (Lipinski definition) is 0. The van der Waals surface area contributed by atoms with Gasteiger partial charge in [-0.15, -0.1) is 0 Å². The molecule has 2 nitrogen and oxygen atoms in total. The number of thioether (sulfide) groups is 1. The third kappa shape index (κ3) is 4.91. The molecule has 2 heterocycles. The summed E-state index contributed by atoms with van der Waals surface area (Å²) in [5, 5.41) is 0. The van der Waals surface area contributed by atoms with Gasteiger partial charge in [0.2, 0.25) is 0 Å². The molecule has 1 unspecified atom stereocenters. The van der Waals surface area contributed by atoms with Crippen molar-refractivity contribution >= 4 is 28.3 Å². The molecule has 0 N–H and O–H groups in total. The molecule has 2 saturated heterocycles. The summed E-state index contributed by atoms with van der Waals surface area (Å²) in [7, 11) is 4.29. The van der Waals surface area contributed by atoms with Gasteiger partial charge in [-0.3, -0.25) is 0 Å². The molecule has 4 heteroatoms. The molecule has 110 valence electrons. The van der Waals surface area contributed by atoms with Crippen molar-refractivity contribution in [2.24, 2.45) is 17.8 Å². The average Bonchev–Trinajstić information content (AvgIpc) is 2.68. The van der Waals surface area contributed by atoms with E-state index in [2.05, 4.69) is 30.8 Å². The molecular formula is C15H28N2S2. The molecule has 3 rings (SSSR count). The Morgan fingerprint density at radius 3 is 2.21 bits per heavy atom. The first-order valence-electron chi connectivity index (χ1n) is 7.61. The first-order chi connectivity index (χ1) is 9.04. The van der Waals surface area contributed by atoms with E-state index in [9.17, 15) is 0 Å². The summed E-state index contributed by atoms with van der Waals surface area (Å²) < 4.78 is 1.16. The van der Waals surface area contributed by atoms with E-state index in [1.165, 1.54) is 38.8 Å². The molecule has 2 bridgehead atoms. The number of hydrogen-bond acceptors (Lipinski definition) is 3. The van der Waals surface area contributed by atoms with Crippen LogP contribution in [0.5, 0.6) is 0 Å². The van der Waals surface area contributed by atoms with E-state index >= 15 is 0 Å². The Kier molecular flexibility index (Phi) is 5.97. The van der Waals surface area contributed by atoms with Crippen molar-refractivity contribution in [3.63, 3.8) is 0 Å². The monoisotopic (exact) mass is 300 g/mol. The van der Waals surface area contributed by atoms with Crippen LogP contribution in [0.4, 0.5) is 0 Å². The minimum absolute atomic E-state index is 0.710. The summed E-state index contributed by atoms with van der Waals surface area (Å²) >= 11 is 7.58. The van der Waals surface area contributed by atoms with Crippen molar-refractivity contribution in [1.29, 1.82) is 0 Å². The van der Waals surface area contributed by atoms with Crippen LogP contribution in [0.15, 0.2) is 0 Å². The number of thiocarbonyl (C=S) groups is 1. The van der Waals surface area contributed by atoms with Gasteiger partial charge in [-0.05, 0) is 57.5 Å². The molecule has 19 heavy (non-hydrogen) atoms. The normalized spacial score (nSPS) is 28.5. The molecule has 0 amide bonds. The molecule has 3 fully saturated rings. The van der Waals surface area contributed by atoms with E-state index in [-0.39, 0.29) is 0 Å². The fourth-order valence-corrected chi connectivity index (χ4v) is 4.64. The van der Waals surface area contributed by atoms with Crippen LogP contribution in [0.2, 0.25) is 0 Å². The van der Waals surface area contributed by atoms with Gasteiger partial charge >= 0.3 is 0 Å². The van der Waals surface area contributed by atoms with Crippen LogP contribution >= 0.6 is 24.0 Å². The molecular weight excluding hydrogens is 272 g/mol. The molecule has 0 aromatic rings. The highest BCUT2D eigenvalue weighted by Gasteiger charge is 2.30. The zero-order chi connectivity index (χ0) is 13.8. The van der Waals surface area contributed by atoms with Crippen molar-refractivity contribution < 1.29 is 0 Å². The lowest BCUT2D eigenvalue weighted by molar-refractivity contribution is 0.326. The lowest BCUT2D eigenvalue weighted by Crippen LogP contribution is -2.32. The summed E-state index contributed by atoms with van der Waals surface area (Å²) in [5.41, 5.74) is 0. The second-order valence-corrected chi connectivity index (χ2v) is 8.39. The van der Waals surface area contributed by atoms with Gasteiger partial charge in [0.15, 0.2) is 0 Å². The maximum Gasteiger partial charge on any atom is 0.136 e. The van der Waals surface area contributed by atoms with Gasteiger partial charge in [0.05, 0.1) is 0 Å². The van der Waals surface area contributed by atoms with E-state index in [1.807, 2.05) is 11.8 Å². The fraction of sp³-hybridized carbons (Fsp3) is 0.933. The Labute approximate surface area is 128 Å². The fourth-order valence-electron chi connectivity index (χ4n) is 3.42. The Bertz CT molecular complexity index is 285. The Morgan fingerprint density at radius 2 is 1.74 bits per heavy atom. The minimum Gasteiger partial charge on any atom is -0.357 e. The van der Waals surface area contributed by atoms with Crippen molar-refractivity contribution in [3.05, 3.63) is 0 Å². The highest BCUT2D eigenvalue weighted by Crippen LogP contribution is 2.35. The molecule has 2 aliphatic heterocycles. The molecule has 0 radical (unpaired) electrons. The third-order valence-electron chi connectivity index (χ3n) is 4.35. The SMILES string of the molecule is CC(CSC(=S)N1CC2CCC(CC2)C1)CN(C)C. The molecule has 1 atom stereocenters. The van der Waals surface area contributed by atoms with Gasteiger partial charge < -0.3 is 9.80 Å². The van der Waals surface area contributed by atoms with E-state index in [4.69, 9.17) is 12.2 Å². The molecule has 1 saturated carbocycles. The zero-order valence-corrected chi connectivity index (χ0v) is 14.2. The number of rotatable bonds is 4. The highest BCUT2D eigenvalue weighted by atomic mass is 32.2. The van der Waals surface area contributed by atoms with Crippen LogP contribution in [0.25, 0.3) is 0 Å². The summed E-state index contributed by atoms with van der Waals surface area (Å²) in [6.07, 6.45) is 5.74. The van der Waals surface area contributed by atoms with Gasteiger partial charge in [0.25, 0.3) is 0 Å². The van der Waals surface area contributed by atoms with E-state index < -0.39 is 0 Å². The van der Waals surface area contributed by atoms with E-state index in [0.717, 1.165) is 28.5 Å². The van der Waals surface area contributed by atoms with E-state index in [0.29, 0.717) is 5.92 Å². The molecule has 0 spiro atoms. The molecule has 1 aliphatic carbocycles. The smallest absolute Gasteiger partial charge is 0.136 e. The number of fused-ring (bicyclic) bond motifs is 4. The summed E-state index contributed by atoms with van der Waals surface area (Å²) in [5.74, 6) is 3.69. The van der Waals surface area contributed by atoms with Crippen LogP contribution in [-0.2, 0) is 0 Å². The molecule has 0 aromatic carbocycles. The minimum atomic E-state index is 0.710. The third-order valence-corrected chi connectivity index (χ3v) is 6.20. The van der Waals surface area contributed by atoms with Crippen molar-refractivity contribution in [2.45, 2.75) is 32.6 Å². The van der Waals surface area contributed by atoms with Gasteiger partial charge in [-0.1, -0.05) is 30.9 Å². The van der Waals surface area contributed by atoms with Crippen LogP contribution in [-0.4, -0.2) is 53.6 Å². The Hall–Kier alpha value is 0.200. The summed E-state index contributed by atoms with van der Waals surface area (Å²) in [6.45, 7) is 5.93. The summed E-state index contributed by atoms with van der Waals surface area (Å²) in [4.78, 5) is 4.78. The molecule has 0 aromatic heterocycles. The summed E-state index contributed by atoms with van der Waals surface area (Å²) in [6, 6.07) is 0. The van der Waals surface area contributed by atoms with Crippen LogP contribution in [0.3, 0.4) is 0 Å². The average molecular weight is 301 g/mol. The second kappa shape index (κ2) is 7.28. The van der Waals surface area contributed by atoms with Crippen molar-refractivity contribution in [3.8, 4) is 0 Å². The van der Waals surface area contributed by atoms with Crippen LogP contribution in [0.1, 0.15) is 32.6 Å². The second-order valence-electron chi connectivity index (χ2n) is 6.74. The standard InChI is InChI=1S/C15H28N2S2/c1-12(8-16(2)3)11-19-15(18)17-9-13-4-5-14(10-17)7-6-13/h12-14H,4-11H2,1-3H3. The topological polar surface area (TPSA) is 6.48 Å². The maximum atomic E-state index is 5.68. The first-order valence-corrected chi connectivity index (χ1v) is 9.00. The van der Waals surface area contributed by atoms with Gasteiger partial charge in [-0.25, -0.2) is 0 Å². The largest absolute Gasteiger partial charge is 0.357 e.